The fourth-order valence-electron chi connectivity index (χ4n) is 2.31. The first kappa shape index (κ1) is 18.4. The van der Waals surface area contributed by atoms with Crippen molar-refractivity contribution in [3.8, 4) is 23.0 Å². The summed E-state index contributed by atoms with van der Waals surface area (Å²) in [6.45, 7) is 2.53. The Morgan fingerprint density at radius 2 is 1.93 bits per heavy atom. The van der Waals surface area contributed by atoms with Gasteiger partial charge in [-0.05, 0) is 48.9 Å². The van der Waals surface area contributed by atoms with Gasteiger partial charge in [0.05, 0.1) is 19.3 Å². The standard InChI is InChI=1S/C20H20N2O5/c1-3-11-25-17-6-4-5-15(12-17)20(23)26-13-18-21-19(27-22-18)14-7-9-16(24-2)10-8-14/h4-10,12H,3,11,13H2,1-2H3. The molecule has 3 aromatic rings. The summed E-state index contributed by atoms with van der Waals surface area (Å²) in [5.41, 5.74) is 1.16. The molecule has 0 saturated carbocycles. The summed E-state index contributed by atoms with van der Waals surface area (Å²) in [6, 6.07) is 14.1. The van der Waals surface area contributed by atoms with Crippen LogP contribution in [0.1, 0.15) is 29.5 Å². The minimum Gasteiger partial charge on any atom is -0.497 e. The van der Waals surface area contributed by atoms with Crippen LogP contribution in [0.2, 0.25) is 0 Å². The number of nitrogens with zero attached hydrogens (tertiary/aromatic N) is 2. The van der Waals surface area contributed by atoms with Gasteiger partial charge in [0.2, 0.25) is 5.82 Å². The van der Waals surface area contributed by atoms with Crippen molar-refractivity contribution < 1.29 is 23.5 Å². The maximum Gasteiger partial charge on any atom is 0.338 e. The predicted molar refractivity (Wildman–Crippen MR) is 97.6 cm³/mol. The van der Waals surface area contributed by atoms with Gasteiger partial charge in [0, 0.05) is 5.56 Å². The molecule has 0 N–H and O–H groups in total. The second kappa shape index (κ2) is 8.84. The third-order valence-corrected chi connectivity index (χ3v) is 3.68. The Balaban J connectivity index is 1.60. The van der Waals surface area contributed by atoms with Crippen molar-refractivity contribution in [1.29, 1.82) is 0 Å². The molecule has 7 heteroatoms. The van der Waals surface area contributed by atoms with Gasteiger partial charge in [0.1, 0.15) is 11.5 Å². The second-order valence-corrected chi connectivity index (χ2v) is 5.70. The van der Waals surface area contributed by atoms with E-state index in [4.69, 9.17) is 18.7 Å². The Bertz CT molecular complexity index is 889. The molecule has 0 saturated heterocycles. The number of methoxy groups -OCH3 is 1. The van der Waals surface area contributed by atoms with Crippen LogP contribution in [0.4, 0.5) is 0 Å². The van der Waals surface area contributed by atoms with E-state index in [1.165, 1.54) is 0 Å². The van der Waals surface area contributed by atoms with Crippen molar-refractivity contribution in [3.63, 3.8) is 0 Å². The molecule has 7 nitrogen and oxygen atoms in total. The number of hydrogen-bond acceptors (Lipinski definition) is 7. The van der Waals surface area contributed by atoms with E-state index in [9.17, 15) is 4.79 Å². The quantitative estimate of drug-likeness (QED) is 0.558. The number of carbonyl (C=O) groups excluding carboxylic acids is 1. The molecule has 0 fully saturated rings. The molecule has 0 aliphatic carbocycles. The van der Waals surface area contributed by atoms with Crippen molar-refractivity contribution in [2.24, 2.45) is 0 Å². The van der Waals surface area contributed by atoms with Gasteiger partial charge >= 0.3 is 5.97 Å². The smallest absolute Gasteiger partial charge is 0.338 e. The Morgan fingerprint density at radius 1 is 1.11 bits per heavy atom. The van der Waals surface area contributed by atoms with E-state index in [1.54, 1.807) is 43.5 Å². The molecule has 0 radical (unpaired) electrons. The number of ether oxygens (including phenoxy) is 3. The number of aromatic nitrogens is 2. The lowest BCUT2D eigenvalue weighted by atomic mass is 10.2. The van der Waals surface area contributed by atoms with Gasteiger partial charge in [-0.25, -0.2) is 4.79 Å². The van der Waals surface area contributed by atoms with Gasteiger partial charge in [0.25, 0.3) is 5.89 Å². The zero-order valence-electron chi connectivity index (χ0n) is 15.2. The van der Waals surface area contributed by atoms with Crippen LogP contribution in [0.25, 0.3) is 11.5 Å². The molecule has 0 bridgehead atoms. The fourth-order valence-corrected chi connectivity index (χ4v) is 2.31. The number of rotatable bonds is 8. The maximum absolute atomic E-state index is 12.2. The average Bonchev–Trinajstić information content (AvgIpc) is 3.20. The molecule has 27 heavy (non-hydrogen) atoms. The van der Waals surface area contributed by atoms with Crippen molar-refractivity contribution in [3.05, 3.63) is 59.9 Å². The summed E-state index contributed by atoms with van der Waals surface area (Å²) >= 11 is 0. The highest BCUT2D eigenvalue weighted by molar-refractivity contribution is 5.89. The van der Waals surface area contributed by atoms with E-state index in [0.717, 1.165) is 17.7 Å². The summed E-state index contributed by atoms with van der Waals surface area (Å²) in [6.07, 6.45) is 0.892. The van der Waals surface area contributed by atoms with Crippen LogP contribution in [0.5, 0.6) is 11.5 Å². The van der Waals surface area contributed by atoms with E-state index in [0.29, 0.717) is 23.8 Å². The normalized spacial score (nSPS) is 10.4. The molecule has 2 aromatic carbocycles. The summed E-state index contributed by atoms with van der Waals surface area (Å²) in [7, 11) is 1.60. The molecule has 0 unspecified atom stereocenters. The maximum atomic E-state index is 12.2. The van der Waals surface area contributed by atoms with E-state index in [-0.39, 0.29) is 12.4 Å². The Morgan fingerprint density at radius 3 is 2.67 bits per heavy atom. The second-order valence-electron chi connectivity index (χ2n) is 5.70. The molecule has 0 amide bonds. The first-order valence-electron chi connectivity index (χ1n) is 8.56. The Hall–Kier alpha value is -3.35. The zero-order chi connectivity index (χ0) is 19.1. The lowest BCUT2D eigenvalue weighted by Crippen LogP contribution is -2.06. The van der Waals surface area contributed by atoms with Crippen LogP contribution in [-0.2, 0) is 11.3 Å². The van der Waals surface area contributed by atoms with E-state index in [1.807, 2.05) is 19.1 Å². The molecule has 1 heterocycles. The van der Waals surface area contributed by atoms with Crippen LogP contribution in [-0.4, -0.2) is 29.8 Å². The molecule has 1 aromatic heterocycles. The van der Waals surface area contributed by atoms with Crippen molar-refractivity contribution in [2.45, 2.75) is 20.0 Å². The molecule has 3 rings (SSSR count). The van der Waals surface area contributed by atoms with Crippen LogP contribution in [0, 0.1) is 0 Å². The van der Waals surface area contributed by atoms with E-state index < -0.39 is 5.97 Å². The summed E-state index contributed by atoms with van der Waals surface area (Å²) < 4.78 is 21.1. The Kier molecular flexibility index (Phi) is 6.04. The van der Waals surface area contributed by atoms with E-state index >= 15 is 0 Å². The van der Waals surface area contributed by atoms with Crippen molar-refractivity contribution in [2.75, 3.05) is 13.7 Å². The first-order valence-corrected chi connectivity index (χ1v) is 8.56. The number of esters is 1. The average molecular weight is 368 g/mol. The van der Waals surface area contributed by atoms with Gasteiger partial charge in [-0.3, -0.25) is 0 Å². The topological polar surface area (TPSA) is 83.7 Å². The highest BCUT2D eigenvalue weighted by Crippen LogP contribution is 2.21. The van der Waals surface area contributed by atoms with Gasteiger partial charge in [-0.1, -0.05) is 18.1 Å². The van der Waals surface area contributed by atoms with E-state index in [2.05, 4.69) is 10.1 Å². The summed E-state index contributed by atoms with van der Waals surface area (Å²) in [5.74, 6) is 1.52. The third-order valence-electron chi connectivity index (χ3n) is 3.68. The lowest BCUT2D eigenvalue weighted by molar-refractivity contribution is 0.0459. The minimum atomic E-state index is -0.479. The lowest BCUT2D eigenvalue weighted by Gasteiger charge is -2.06. The van der Waals surface area contributed by atoms with Crippen molar-refractivity contribution >= 4 is 5.97 Å². The molecule has 140 valence electrons. The molecular formula is C20H20N2O5. The largest absolute Gasteiger partial charge is 0.497 e. The van der Waals surface area contributed by atoms with Crippen LogP contribution >= 0.6 is 0 Å². The van der Waals surface area contributed by atoms with Gasteiger partial charge < -0.3 is 18.7 Å². The molecule has 0 spiro atoms. The third kappa shape index (κ3) is 4.84. The monoisotopic (exact) mass is 368 g/mol. The predicted octanol–water partition coefficient (Wildman–Crippen LogP) is 3.89. The summed E-state index contributed by atoms with van der Waals surface area (Å²) in [5, 5.41) is 3.84. The molecule has 0 aliphatic heterocycles. The fraction of sp³-hybridized carbons (Fsp3) is 0.250. The van der Waals surface area contributed by atoms with Crippen molar-refractivity contribution in [1.82, 2.24) is 10.1 Å². The van der Waals surface area contributed by atoms with Crippen LogP contribution in [0.3, 0.4) is 0 Å². The molecule has 0 atom stereocenters. The zero-order valence-corrected chi connectivity index (χ0v) is 15.2. The Labute approximate surface area is 156 Å². The SMILES string of the molecule is CCCOc1cccc(C(=O)OCc2noc(-c3ccc(OC)cc3)n2)c1. The number of benzene rings is 2. The van der Waals surface area contributed by atoms with Gasteiger partial charge in [-0.15, -0.1) is 0 Å². The highest BCUT2D eigenvalue weighted by Gasteiger charge is 2.13. The minimum absolute atomic E-state index is 0.0848. The highest BCUT2D eigenvalue weighted by atomic mass is 16.5. The first-order chi connectivity index (χ1) is 13.2. The number of hydrogen-bond donors (Lipinski definition) is 0. The summed E-state index contributed by atoms with van der Waals surface area (Å²) in [4.78, 5) is 16.5. The van der Waals surface area contributed by atoms with Crippen LogP contribution < -0.4 is 9.47 Å². The van der Waals surface area contributed by atoms with Gasteiger partial charge in [0.15, 0.2) is 6.61 Å². The van der Waals surface area contributed by atoms with Gasteiger partial charge in [-0.2, -0.15) is 4.98 Å². The molecular weight excluding hydrogens is 348 g/mol. The van der Waals surface area contributed by atoms with Crippen LogP contribution in [0.15, 0.2) is 53.1 Å². The molecule has 0 aliphatic rings. The number of carbonyl (C=O) groups is 1.